The van der Waals surface area contributed by atoms with Gasteiger partial charge < -0.3 is 4.90 Å². The standard InChI is InChI=1S/C19H28N4O2S/c1-12(2)17-11-18(22-19(21-17)13(3)4)23(6)14(5)15-7-9-16(10-8-15)26(20,24)25/h7-14H,1-6H3,(H2,20,24,25)/t14-/m0/s1. The molecule has 26 heavy (non-hydrogen) atoms. The second kappa shape index (κ2) is 7.72. The number of hydrogen-bond donors (Lipinski definition) is 1. The summed E-state index contributed by atoms with van der Waals surface area (Å²) in [5.41, 5.74) is 2.00. The van der Waals surface area contributed by atoms with Crippen molar-refractivity contribution in [3.63, 3.8) is 0 Å². The van der Waals surface area contributed by atoms with Crippen molar-refractivity contribution in [2.75, 3.05) is 11.9 Å². The first-order chi connectivity index (χ1) is 12.0. The van der Waals surface area contributed by atoms with Gasteiger partial charge >= 0.3 is 0 Å². The number of anilines is 1. The molecule has 2 N–H and O–H groups in total. The maximum atomic E-state index is 11.4. The lowest BCUT2D eigenvalue weighted by Crippen LogP contribution is -2.24. The van der Waals surface area contributed by atoms with Crippen molar-refractivity contribution in [3.05, 3.63) is 47.4 Å². The molecule has 0 amide bonds. The predicted octanol–water partition coefficient (Wildman–Crippen LogP) is 3.57. The quantitative estimate of drug-likeness (QED) is 0.832. The molecule has 1 atom stereocenters. The van der Waals surface area contributed by atoms with Crippen LogP contribution < -0.4 is 10.0 Å². The van der Waals surface area contributed by atoms with E-state index in [9.17, 15) is 8.42 Å². The molecule has 0 spiro atoms. The number of sulfonamides is 1. The van der Waals surface area contributed by atoms with Gasteiger partial charge in [0.1, 0.15) is 11.6 Å². The Hall–Kier alpha value is -1.99. The lowest BCUT2D eigenvalue weighted by atomic mass is 10.1. The Morgan fingerprint density at radius 1 is 0.962 bits per heavy atom. The van der Waals surface area contributed by atoms with Gasteiger partial charge in [-0.05, 0) is 30.5 Å². The fourth-order valence-electron chi connectivity index (χ4n) is 2.56. The first-order valence-electron chi connectivity index (χ1n) is 8.75. The zero-order valence-corrected chi connectivity index (χ0v) is 17.1. The van der Waals surface area contributed by atoms with E-state index in [1.165, 1.54) is 12.1 Å². The van der Waals surface area contributed by atoms with E-state index in [0.717, 1.165) is 22.9 Å². The minimum Gasteiger partial charge on any atom is -0.353 e. The van der Waals surface area contributed by atoms with Crippen LogP contribution in [0.15, 0.2) is 35.2 Å². The predicted molar refractivity (Wildman–Crippen MR) is 105 cm³/mol. The Morgan fingerprint density at radius 3 is 2.00 bits per heavy atom. The zero-order valence-electron chi connectivity index (χ0n) is 16.3. The second-order valence-corrected chi connectivity index (χ2v) is 8.78. The molecule has 0 aliphatic heterocycles. The van der Waals surface area contributed by atoms with Crippen molar-refractivity contribution < 1.29 is 8.42 Å². The Kier molecular flexibility index (Phi) is 6.03. The van der Waals surface area contributed by atoms with Crippen LogP contribution in [0, 0.1) is 0 Å². The fraction of sp³-hybridized carbons (Fsp3) is 0.474. The van der Waals surface area contributed by atoms with E-state index in [1.807, 2.05) is 13.1 Å². The third kappa shape index (κ3) is 4.59. The number of benzene rings is 1. The van der Waals surface area contributed by atoms with Gasteiger partial charge in [-0.3, -0.25) is 0 Å². The van der Waals surface area contributed by atoms with Crippen molar-refractivity contribution in [2.24, 2.45) is 5.14 Å². The Bertz CT molecular complexity index is 835. The van der Waals surface area contributed by atoms with Crippen molar-refractivity contribution >= 4 is 15.8 Å². The summed E-state index contributed by atoms with van der Waals surface area (Å²) in [6.45, 7) is 10.5. The molecule has 2 rings (SSSR count). The molecule has 0 saturated carbocycles. The number of nitrogens with two attached hydrogens (primary N) is 1. The Labute approximate surface area is 156 Å². The minimum atomic E-state index is -3.68. The van der Waals surface area contributed by atoms with Gasteiger partial charge in [0.2, 0.25) is 10.0 Å². The number of primary sulfonamides is 1. The van der Waals surface area contributed by atoms with E-state index in [4.69, 9.17) is 10.1 Å². The van der Waals surface area contributed by atoms with Gasteiger partial charge in [-0.15, -0.1) is 0 Å². The topological polar surface area (TPSA) is 89.2 Å². The molecule has 142 valence electrons. The molecule has 2 aromatic rings. The van der Waals surface area contributed by atoms with Gasteiger partial charge in [-0.1, -0.05) is 39.8 Å². The molecule has 0 aliphatic carbocycles. The van der Waals surface area contributed by atoms with Crippen LogP contribution in [0.2, 0.25) is 0 Å². The van der Waals surface area contributed by atoms with Crippen LogP contribution in [0.5, 0.6) is 0 Å². The van der Waals surface area contributed by atoms with E-state index < -0.39 is 10.0 Å². The van der Waals surface area contributed by atoms with Crippen molar-refractivity contribution in [3.8, 4) is 0 Å². The average Bonchev–Trinajstić information content (AvgIpc) is 2.59. The lowest BCUT2D eigenvalue weighted by molar-refractivity contribution is 0.597. The van der Waals surface area contributed by atoms with Crippen LogP contribution in [0.25, 0.3) is 0 Å². The van der Waals surface area contributed by atoms with Gasteiger partial charge in [-0.2, -0.15) is 0 Å². The number of rotatable bonds is 6. The largest absolute Gasteiger partial charge is 0.353 e. The SMILES string of the molecule is CC(C)c1cc(N(C)[C@@H](C)c2ccc(S(N)(=O)=O)cc2)nc(C(C)C)n1. The highest BCUT2D eigenvalue weighted by molar-refractivity contribution is 7.89. The van der Waals surface area contributed by atoms with Crippen LogP contribution in [0.3, 0.4) is 0 Å². The molecular formula is C19H28N4O2S. The van der Waals surface area contributed by atoms with E-state index in [0.29, 0.717) is 5.92 Å². The molecule has 0 unspecified atom stereocenters. The molecule has 0 saturated heterocycles. The van der Waals surface area contributed by atoms with Crippen molar-refractivity contribution in [2.45, 2.75) is 57.4 Å². The molecule has 0 fully saturated rings. The van der Waals surface area contributed by atoms with Gasteiger partial charge in [0, 0.05) is 24.7 Å². The highest BCUT2D eigenvalue weighted by Gasteiger charge is 2.18. The van der Waals surface area contributed by atoms with E-state index in [2.05, 4.69) is 44.5 Å². The van der Waals surface area contributed by atoms with Gasteiger partial charge in [0.05, 0.1) is 10.9 Å². The summed E-state index contributed by atoms with van der Waals surface area (Å²) in [6.07, 6.45) is 0. The first kappa shape index (κ1) is 20.3. The van der Waals surface area contributed by atoms with Crippen molar-refractivity contribution in [1.29, 1.82) is 0 Å². The third-order valence-corrected chi connectivity index (χ3v) is 5.42. The summed E-state index contributed by atoms with van der Waals surface area (Å²) in [4.78, 5) is 11.6. The molecule has 0 radical (unpaired) electrons. The minimum absolute atomic E-state index is 0.0134. The number of aromatic nitrogens is 2. The summed E-state index contributed by atoms with van der Waals surface area (Å²) in [5.74, 6) is 2.24. The highest BCUT2D eigenvalue weighted by atomic mass is 32.2. The molecule has 1 aromatic carbocycles. The average molecular weight is 377 g/mol. The smallest absolute Gasteiger partial charge is 0.238 e. The van der Waals surface area contributed by atoms with Crippen LogP contribution in [0.1, 0.15) is 69.6 Å². The van der Waals surface area contributed by atoms with Crippen molar-refractivity contribution in [1.82, 2.24) is 9.97 Å². The van der Waals surface area contributed by atoms with E-state index in [-0.39, 0.29) is 16.9 Å². The number of hydrogen-bond acceptors (Lipinski definition) is 5. The van der Waals surface area contributed by atoms with Crippen LogP contribution in [0.4, 0.5) is 5.82 Å². The van der Waals surface area contributed by atoms with Gasteiger partial charge in [-0.25, -0.2) is 23.5 Å². The van der Waals surface area contributed by atoms with Gasteiger partial charge in [0.25, 0.3) is 0 Å². The third-order valence-electron chi connectivity index (χ3n) is 4.49. The lowest BCUT2D eigenvalue weighted by Gasteiger charge is -2.27. The Balaban J connectivity index is 2.36. The van der Waals surface area contributed by atoms with E-state index >= 15 is 0 Å². The van der Waals surface area contributed by atoms with Crippen LogP contribution in [-0.4, -0.2) is 25.4 Å². The molecule has 1 heterocycles. The summed E-state index contributed by atoms with van der Waals surface area (Å²) >= 11 is 0. The molecule has 1 aromatic heterocycles. The molecular weight excluding hydrogens is 348 g/mol. The fourth-order valence-corrected chi connectivity index (χ4v) is 3.08. The first-order valence-corrected chi connectivity index (χ1v) is 10.3. The van der Waals surface area contributed by atoms with Crippen LogP contribution >= 0.6 is 0 Å². The normalized spacial score (nSPS) is 13.3. The van der Waals surface area contributed by atoms with Crippen LogP contribution in [-0.2, 0) is 10.0 Å². The summed E-state index contributed by atoms with van der Waals surface area (Å²) < 4.78 is 22.8. The summed E-state index contributed by atoms with van der Waals surface area (Å²) in [5, 5.41) is 5.17. The zero-order chi connectivity index (χ0) is 19.6. The molecule has 7 heteroatoms. The summed E-state index contributed by atoms with van der Waals surface area (Å²) in [6, 6.07) is 8.68. The molecule has 0 aliphatic rings. The summed E-state index contributed by atoms with van der Waals surface area (Å²) in [7, 11) is -1.70. The Morgan fingerprint density at radius 2 is 1.54 bits per heavy atom. The van der Waals surface area contributed by atoms with E-state index in [1.54, 1.807) is 12.1 Å². The maximum Gasteiger partial charge on any atom is 0.238 e. The van der Waals surface area contributed by atoms with Gasteiger partial charge in [0.15, 0.2) is 0 Å². The molecule has 0 bridgehead atoms. The number of nitrogens with zero attached hydrogens (tertiary/aromatic N) is 3. The second-order valence-electron chi connectivity index (χ2n) is 7.22. The maximum absolute atomic E-state index is 11.4. The highest BCUT2D eigenvalue weighted by Crippen LogP contribution is 2.27. The molecule has 6 nitrogen and oxygen atoms in total. The monoisotopic (exact) mass is 376 g/mol.